The van der Waals surface area contributed by atoms with Crippen molar-refractivity contribution in [1.82, 2.24) is 20.2 Å². The molecule has 1 unspecified atom stereocenters. The molecule has 0 aromatic carbocycles. The van der Waals surface area contributed by atoms with Gasteiger partial charge in [0.2, 0.25) is 0 Å². The summed E-state index contributed by atoms with van der Waals surface area (Å²) < 4.78 is 0. The van der Waals surface area contributed by atoms with Crippen LogP contribution in [0.25, 0.3) is 0 Å². The molecule has 1 saturated heterocycles. The first-order valence-electron chi connectivity index (χ1n) is 7.08. The highest BCUT2D eigenvalue weighted by atomic mass is 16.3. The van der Waals surface area contributed by atoms with Crippen molar-refractivity contribution in [2.45, 2.75) is 19.3 Å². The summed E-state index contributed by atoms with van der Waals surface area (Å²) in [6.07, 6.45) is 4.46. The van der Waals surface area contributed by atoms with E-state index in [1.807, 2.05) is 0 Å². The van der Waals surface area contributed by atoms with Crippen LogP contribution in [0.2, 0.25) is 0 Å². The molecular formula is C13H22N4O3. The van der Waals surface area contributed by atoms with E-state index in [9.17, 15) is 9.59 Å². The lowest BCUT2D eigenvalue weighted by Gasteiger charge is -2.31. The molecule has 1 aliphatic rings. The number of likely N-dealkylation sites (tertiary alicyclic amines) is 1. The summed E-state index contributed by atoms with van der Waals surface area (Å²) in [6.45, 7) is 3.76. The van der Waals surface area contributed by atoms with E-state index < -0.39 is 0 Å². The third-order valence-electron chi connectivity index (χ3n) is 3.64. The number of aromatic amines is 2. The third kappa shape index (κ3) is 4.21. The zero-order valence-corrected chi connectivity index (χ0v) is 11.5. The van der Waals surface area contributed by atoms with Crippen molar-refractivity contribution in [3.05, 3.63) is 22.4 Å². The molecule has 2 rings (SSSR count). The molecule has 112 valence electrons. The maximum atomic E-state index is 11.7. The van der Waals surface area contributed by atoms with Crippen LogP contribution in [0.5, 0.6) is 0 Å². The summed E-state index contributed by atoms with van der Waals surface area (Å²) in [5.41, 5.74) is -0.119. The van der Waals surface area contributed by atoms with Crippen LogP contribution in [-0.4, -0.2) is 58.7 Å². The van der Waals surface area contributed by atoms with Crippen molar-refractivity contribution in [3.8, 4) is 0 Å². The van der Waals surface area contributed by atoms with E-state index in [0.29, 0.717) is 12.5 Å². The number of carbonyl (C=O) groups excluding carboxylic acids is 1. The molecule has 20 heavy (non-hydrogen) atoms. The van der Waals surface area contributed by atoms with Gasteiger partial charge >= 0.3 is 5.69 Å². The Morgan fingerprint density at radius 1 is 1.55 bits per heavy atom. The second kappa shape index (κ2) is 7.25. The van der Waals surface area contributed by atoms with Gasteiger partial charge in [0.15, 0.2) is 0 Å². The SMILES string of the molecule is O=C(NCCCN1CCCC(CO)C1)c1c[nH]c(=O)[nH]1. The Morgan fingerprint density at radius 3 is 3.10 bits per heavy atom. The van der Waals surface area contributed by atoms with Gasteiger partial charge < -0.3 is 25.3 Å². The average Bonchev–Trinajstić information content (AvgIpc) is 2.90. The molecule has 7 heteroatoms. The molecule has 1 atom stereocenters. The van der Waals surface area contributed by atoms with Crippen LogP contribution in [0.3, 0.4) is 0 Å². The predicted octanol–water partition coefficient (Wildman–Crippen LogP) is -0.473. The highest BCUT2D eigenvalue weighted by Crippen LogP contribution is 2.15. The fraction of sp³-hybridized carbons (Fsp3) is 0.692. The quantitative estimate of drug-likeness (QED) is 0.530. The van der Waals surface area contributed by atoms with Gasteiger partial charge in [0.25, 0.3) is 5.91 Å². The summed E-state index contributed by atoms with van der Waals surface area (Å²) in [4.78, 5) is 29.7. The number of aliphatic hydroxyl groups excluding tert-OH is 1. The van der Waals surface area contributed by atoms with Gasteiger partial charge in [-0.3, -0.25) is 4.79 Å². The second-order valence-electron chi connectivity index (χ2n) is 5.26. The number of carbonyl (C=O) groups is 1. The number of hydrogen-bond acceptors (Lipinski definition) is 4. The summed E-state index contributed by atoms with van der Waals surface area (Å²) in [6, 6.07) is 0. The molecule has 0 bridgehead atoms. The van der Waals surface area contributed by atoms with Crippen molar-refractivity contribution >= 4 is 5.91 Å². The number of imidazole rings is 1. The number of rotatable bonds is 6. The number of piperidine rings is 1. The number of hydrogen-bond donors (Lipinski definition) is 4. The molecule has 0 radical (unpaired) electrons. The van der Waals surface area contributed by atoms with Gasteiger partial charge in [-0.25, -0.2) is 4.79 Å². The van der Waals surface area contributed by atoms with E-state index in [4.69, 9.17) is 5.11 Å². The van der Waals surface area contributed by atoms with Crippen molar-refractivity contribution in [1.29, 1.82) is 0 Å². The van der Waals surface area contributed by atoms with E-state index >= 15 is 0 Å². The molecule has 0 aliphatic carbocycles. The maximum absolute atomic E-state index is 11.7. The number of nitrogens with one attached hydrogen (secondary N) is 3. The van der Waals surface area contributed by atoms with Crippen LogP contribution in [-0.2, 0) is 0 Å². The molecule has 1 amide bonds. The smallest absolute Gasteiger partial charge is 0.323 e. The van der Waals surface area contributed by atoms with Crippen LogP contribution in [0.1, 0.15) is 29.8 Å². The zero-order valence-electron chi connectivity index (χ0n) is 11.5. The van der Waals surface area contributed by atoms with Crippen LogP contribution in [0.4, 0.5) is 0 Å². The highest BCUT2D eigenvalue weighted by molar-refractivity contribution is 5.91. The Morgan fingerprint density at radius 2 is 2.40 bits per heavy atom. The summed E-state index contributed by atoms with van der Waals surface area (Å²) in [5.74, 6) is 0.124. The summed E-state index contributed by atoms with van der Waals surface area (Å²) in [7, 11) is 0. The van der Waals surface area contributed by atoms with Crippen LogP contribution in [0.15, 0.2) is 11.0 Å². The Balaban J connectivity index is 1.64. The lowest BCUT2D eigenvalue weighted by Crippen LogP contribution is -2.38. The van der Waals surface area contributed by atoms with Gasteiger partial charge in [-0.05, 0) is 38.3 Å². The Hall–Kier alpha value is -1.60. The van der Waals surface area contributed by atoms with Gasteiger partial charge in [0.1, 0.15) is 5.69 Å². The molecule has 1 aromatic heterocycles. The first kappa shape index (κ1) is 14.8. The molecule has 1 aliphatic heterocycles. The van der Waals surface area contributed by atoms with E-state index in [2.05, 4.69) is 20.2 Å². The van der Waals surface area contributed by atoms with Gasteiger partial charge in [0, 0.05) is 25.9 Å². The van der Waals surface area contributed by atoms with Gasteiger partial charge in [-0.15, -0.1) is 0 Å². The van der Waals surface area contributed by atoms with E-state index in [-0.39, 0.29) is 23.9 Å². The first-order valence-corrected chi connectivity index (χ1v) is 7.08. The number of nitrogens with zero attached hydrogens (tertiary/aromatic N) is 1. The van der Waals surface area contributed by atoms with E-state index in [0.717, 1.165) is 38.9 Å². The van der Waals surface area contributed by atoms with Gasteiger partial charge in [-0.2, -0.15) is 0 Å². The van der Waals surface area contributed by atoms with Crippen molar-refractivity contribution in [3.63, 3.8) is 0 Å². The minimum Gasteiger partial charge on any atom is -0.396 e. The minimum absolute atomic E-state index is 0.258. The largest absolute Gasteiger partial charge is 0.396 e. The maximum Gasteiger partial charge on any atom is 0.323 e. The first-order chi connectivity index (χ1) is 9.69. The molecule has 4 N–H and O–H groups in total. The standard InChI is InChI=1S/C13H22N4O3/c18-9-10-3-1-5-17(8-10)6-2-4-14-12(19)11-7-15-13(20)16-11/h7,10,18H,1-6,8-9H2,(H,14,19)(H2,15,16,20). The monoisotopic (exact) mass is 282 g/mol. The lowest BCUT2D eigenvalue weighted by atomic mass is 9.99. The predicted molar refractivity (Wildman–Crippen MR) is 74.6 cm³/mol. The fourth-order valence-electron chi connectivity index (χ4n) is 2.56. The second-order valence-corrected chi connectivity index (χ2v) is 5.26. The molecule has 1 fully saturated rings. The van der Waals surface area contributed by atoms with Crippen LogP contribution < -0.4 is 11.0 Å². The average molecular weight is 282 g/mol. The van der Waals surface area contributed by atoms with Crippen molar-refractivity contribution in [2.24, 2.45) is 5.92 Å². The minimum atomic E-state index is -0.376. The lowest BCUT2D eigenvalue weighted by molar-refractivity contribution is 0.0942. The Bertz CT molecular complexity index is 482. The molecule has 0 saturated carbocycles. The molecule has 0 spiro atoms. The fourth-order valence-corrected chi connectivity index (χ4v) is 2.56. The van der Waals surface area contributed by atoms with Crippen molar-refractivity contribution < 1.29 is 9.90 Å². The highest BCUT2D eigenvalue weighted by Gasteiger charge is 2.18. The normalized spacial score (nSPS) is 19.9. The summed E-state index contributed by atoms with van der Waals surface area (Å²) in [5, 5.41) is 11.9. The van der Waals surface area contributed by atoms with Gasteiger partial charge in [-0.1, -0.05) is 0 Å². The Kier molecular flexibility index (Phi) is 5.37. The summed E-state index contributed by atoms with van der Waals surface area (Å²) >= 11 is 0. The topological polar surface area (TPSA) is 101 Å². The van der Waals surface area contributed by atoms with E-state index in [1.165, 1.54) is 6.20 Å². The molecule has 1 aromatic rings. The zero-order chi connectivity index (χ0) is 14.4. The van der Waals surface area contributed by atoms with E-state index in [1.54, 1.807) is 0 Å². The number of aliphatic hydroxyl groups is 1. The number of amides is 1. The molecule has 7 nitrogen and oxygen atoms in total. The number of H-pyrrole nitrogens is 2. The van der Waals surface area contributed by atoms with Crippen LogP contribution >= 0.6 is 0 Å². The number of aromatic nitrogens is 2. The van der Waals surface area contributed by atoms with Crippen molar-refractivity contribution in [2.75, 3.05) is 32.8 Å². The molecular weight excluding hydrogens is 260 g/mol. The van der Waals surface area contributed by atoms with Crippen LogP contribution in [0, 0.1) is 5.92 Å². The Labute approximate surface area is 117 Å². The third-order valence-corrected chi connectivity index (χ3v) is 3.64. The van der Waals surface area contributed by atoms with Gasteiger partial charge in [0.05, 0.1) is 0 Å². The molecule has 2 heterocycles.